The molecule has 1 saturated carbocycles. The molecule has 3 aliphatic heterocycles. The number of rotatable bonds is 6. The number of Topliss-reactive ketones (excluding diaryl/α,β-unsaturated/α-hetero) is 3. The van der Waals surface area contributed by atoms with Crippen molar-refractivity contribution in [1.82, 2.24) is 4.90 Å². The SMILES string of the molecule is COC1CC2CC[C@@H](C)C(=O)C(O)(O2)C(=O)N2CCCCC2C(=O)O[C@H]([C@H](C)C[C@@H]2CC[C@H](O)[C@H](OC)C2)CC(=O)[C@H](C)/C=C(\C)[C@@H](O)[C@@H](OC)C(=O)[C@@H](C)C[C@H](C)/C=C/C=C/C=C1C. The summed E-state index contributed by atoms with van der Waals surface area (Å²) < 4.78 is 29.5. The molecule has 4 aliphatic rings. The monoisotopic (exact) mass is 914 g/mol. The highest BCUT2D eigenvalue weighted by Gasteiger charge is 2.55. The molecule has 0 spiro atoms. The lowest BCUT2D eigenvalue weighted by Gasteiger charge is -2.40. The Labute approximate surface area is 387 Å². The highest BCUT2D eigenvalue weighted by atomic mass is 16.6. The average molecular weight is 914 g/mol. The van der Waals surface area contributed by atoms with Gasteiger partial charge in [-0.2, -0.15) is 0 Å². The summed E-state index contributed by atoms with van der Waals surface area (Å²) in [4.78, 5) is 72.1. The van der Waals surface area contributed by atoms with Crippen molar-refractivity contribution in [3.63, 3.8) is 0 Å². The predicted molar refractivity (Wildman–Crippen MR) is 245 cm³/mol. The number of hydrogen-bond donors (Lipinski definition) is 3. The van der Waals surface area contributed by atoms with E-state index in [1.54, 1.807) is 41.1 Å². The van der Waals surface area contributed by atoms with Crippen LogP contribution in [0.4, 0.5) is 0 Å². The summed E-state index contributed by atoms with van der Waals surface area (Å²) in [5, 5.41) is 34.1. The second-order valence-corrected chi connectivity index (χ2v) is 19.6. The number of ketones is 3. The van der Waals surface area contributed by atoms with Crippen LogP contribution in [0, 0.1) is 35.5 Å². The van der Waals surface area contributed by atoms with Gasteiger partial charge in [0.25, 0.3) is 5.91 Å². The summed E-state index contributed by atoms with van der Waals surface area (Å²) in [6.45, 7) is 12.7. The van der Waals surface area contributed by atoms with Crippen molar-refractivity contribution in [2.24, 2.45) is 35.5 Å². The zero-order valence-corrected chi connectivity index (χ0v) is 40.6. The molecule has 366 valence electrons. The molecular weight excluding hydrogens is 835 g/mol. The molecule has 0 aromatic rings. The standard InChI is InChI=1S/C51H79NO13/c1-30-16-12-11-13-17-31(2)42(61-8)28-38-21-19-32(3)48(57)51(60,65-38)50(59)52-23-15-14-18-39(52)49(58)64-43(34(5)26-37-20-22-40(53)44(27-37)62-9)29-41(54)33(4)25-36(7)46(56)47(63-10)45(55)35(6)24-30/h11-13,16-17,25,30,32-35,37-40,42-44,46-47,53,56,60H,14-15,18-24,26-29H2,1-10H3/b13-11+,16-12+,31-17?,36-25+/t30-,32-,33-,34-,35+,37+,38?,39?,40+,42?,43+,44-,46-,47+,51?/m1/s1. The van der Waals surface area contributed by atoms with Crippen molar-refractivity contribution in [3.05, 3.63) is 47.6 Å². The van der Waals surface area contributed by atoms with E-state index in [0.717, 1.165) is 12.0 Å². The Hall–Kier alpha value is -3.37. The number of cyclic esters (lactones) is 1. The number of carbonyl (C=O) groups excluding carboxylic acids is 5. The number of aliphatic hydroxyl groups is 3. The van der Waals surface area contributed by atoms with Crippen molar-refractivity contribution in [1.29, 1.82) is 0 Å². The number of esters is 1. The van der Waals surface area contributed by atoms with Gasteiger partial charge in [0, 0.05) is 58.5 Å². The quantitative estimate of drug-likeness (QED) is 0.156. The zero-order valence-electron chi connectivity index (χ0n) is 40.6. The molecular formula is C51H79NO13. The number of amides is 1. The average Bonchev–Trinajstić information content (AvgIpc) is 3.39. The topological polar surface area (TPSA) is 195 Å². The fourth-order valence-corrected chi connectivity index (χ4v) is 10.1. The van der Waals surface area contributed by atoms with E-state index in [1.165, 1.54) is 12.0 Å². The van der Waals surface area contributed by atoms with Crippen LogP contribution < -0.4 is 0 Å². The fraction of sp³-hybridized carbons (Fsp3) is 0.745. The van der Waals surface area contributed by atoms with E-state index >= 15 is 0 Å². The highest BCUT2D eigenvalue weighted by molar-refractivity contribution is 6.09. The number of carbonyl (C=O) groups is 5. The number of ether oxygens (including phenoxy) is 5. The van der Waals surface area contributed by atoms with Gasteiger partial charge in [-0.15, -0.1) is 0 Å². The molecule has 4 rings (SSSR count). The molecule has 65 heavy (non-hydrogen) atoms. The first kappa shape index (κ1) is 54.2. The van der Waals surface area contributed by atoms with Gasteiger partial charge in [-0.25, -0.2) is 4.79 Å². The van der Waals surface area contributed by atoms with E-state index in [2.05, 4.69) is 0 Å². The minimum Gasteiger partial charge on any atom is -0.460 e. The van der Waals surface area contributed by atoms with E-state index in [4.69, 9.17) is 23.7 Å². The van der Waals surface area contributed by atoms with Crippen molar-refractivity contribution >= 4 is 29.2 Å². The Morgan fingerprint density at radius 3 is 2.23 bits per heavy atom. The van der Waals surface area contributed by atoms with Crippen LogP contribution in [-0.4, -0.2) is 132 Å². The molecule has 4 unspecified atom stereocenters. The van der Waals surface area contributed by atoms with E-state index in [-0.39, 0.29) is 61.2 Å². The van der Waals surface area contributed by atoms with Gasteiger partial charge in [-0.1, -0.05) is 71.1 Å². The summed E-state index contributed by atoms with van der Waals surface area (Å²) in [7, 11) is 4.51. The molecule has 3 fully saturated rings. The van der Waals surface area contributed by atoms with Crippen molar-refractivity contribution in [2.45, 2.75) is 180 Å². The Morgan fingerprint density at radius 1 is 0.831 bits per heavy atom. The van der Waals surface area contributed by atoms with Crippen molar-refractivity contribution < 1.29 is 63.0 Å². The van der Waals surface area contributed by atoms with Gasteiger partial charge >= 0.3 is 11.8 Å². The lowest BCUT2D eigenvalue weighted by atomic mass is 9.78. The van der Waals surface area contributed by atoms with E-state index in [0.29, 0.717) is 56.9 Å². The van der Waals surface area contributed by atoms with Crippen LogP contribution in [0.25, 0.3) is 0 Å². The van der Waals surface area contributed by atoms with Crippen LogP contribution >= 0.6 is 0 Å². The highest BCUT2D eigenvalue weighted by Crippen LogP contribution is 2.36. The smallest absolute Gasteiger partial charge is 0.329 e. The van der Waals surface area contributed by atoms with E-state index in [1.807, 2.05) is 58.1 Å². The van der Waals surface area contributed by atoms with Crippen LogP contribution in [0.15, 0.2) is 47.6 Å². The predicted octanol–water partition coefficient (Wildman–Crippen LogP) is 6.18. The maximum atomic E-state index is 14.6. The Balaban J connectivity index is 1.74. The second-order valence-electron chi connectivity index (χ2n) is 19.6. The number of hydrogen-bond acceptors (Lipinski definition) is 13. The van der Waals surface area contributed by atoms with Crippen molar-refractivity contribution in [3.8, 4) is 0 Å². The fourth-order valence-electron chi connectivity index (χ4n) is 10.1. The molecule has 3 heterocycles. The molecule has 0 aromatic heterocycles. The van der Waals surface area contributed by atoms with Gasteiger partial charge in [0.15, 0.2) is 5.78 Å². The molecule has 15 atom stereocenters. The van der Waals surface area contributed by atoms with Crippen LogP contribution in [0.1, 0.15) is 126 Å². The molecule has 2 saturated heterocycles. The van der Waals surface area contributed by atoms with Gasteiger partial charge in [0.05, 0.1) is 24.4 Å². The maximum absolute atomic E-state index is 14.6. The summed E-state index contributed by atoms with van der Waals surface area (Å²) in [6.07, 6.45) is 10.7. The minimum absolute atomic E-state index is 0.0147. The molecule has 0 radical (unpaired) electrons. The molecule has 14 nitrogen and oxygen atoms in total. The summed E-state index contributed by atoms with van der Waals surface area (Å²) in [6, 6.07) is -1.16. The van der Waals surface area contributed by atoms with Crippen LogP contribution in [0.5, 0.6) is 0 Å². The number of allylic oxidation sites excluding steroid dienone is 6. The molecule has 3 N–H and O–H groups in total. The summed E-state index contributed by atoms with van der Waals surface area (Å²) in [5.74, 6) is -8.01. The maximum Gasteiger partial charge on any atom is 0.329 e. The van der Waals surface area contributed by atoms with Gasteiger partial charge in [-0.3, -0.25) is 19.2 Å². The van der Waals surface area contributed by atoms with E-state index in [9.17, 15) is 39.3 Å². The lowest BCUT2D eigenvalue weighted by Crippen LogP contribution is -2.62. The summed E-state index contributed by atoms with van der Waals surface area (Å²) in [5.41, 5.74) is 1.24. The van der Waals surface area contributed by atoms with Crippen LogP contribution in [0.2, 0.25) is 0 Å². The van der Waals surface area contributed by atoms with Gasteiger partial charge in [0.2, 0.25) is 5.78 Å². The van der Waals surface area contributed by atoms with Gasteiger partial charge < -0.3 is 43.9 Å². The minimum atomic E-state index is -2.85. The first-order valence-electron chi connectivity index (χ1n) is 23.9. The molecule has 1 aliphatic carbocycles. The third-order valence-corrected chi connectivity index (χ3v) is 14.4. The third-order valence-electron chi connectivity index (χ3n) is 14.4. The molecule has 1 amide bonds. The van der Waals surface area contributed by atoms with E-state index < -0.39 is 83.9 Å². The first-order chi connectivity index (χ1) is 30.7. The molecule has 2 bridgehead atoms. The lowest BCUT2D eigenvalue weighted by molar-refractivity contribution is -0.231. The summed E-state index contributed by atoms with van der Waals surface area (Å²) >= 11 is 0. The number of piperidine rings is 1. The Bertz CT molecular complexity index is 1760. The number of fused-ring (bicyclic) bond motifs is 3. The second kappa shape index (κ2) is 25.1. The molecule has 14 heteroatoms. The number of methoxy groups -OCH3 is 3. The largest absolute Gasteiger partial charge is 0.460 e. The normalized spacial score (nSPS) is 39.6. The third kappa shape index (κ3) is 14.3. The van der Waals surface area contributed by atoms with Crippen LogP contribution in [-0.2, 0) is 47.7 Å². The number of aliphatic hydroxyl groups excluding tert-OH is 2. The van der Waals surface area contributed by atoms with Crippen LogP contribution in [0.3, 0.4) is 0 Å². The Morgan fingerprint density at radius 2 is 1.55 bits per heavy atom. The molecule has 0 aromatic carbocycles. The van der Waals surface area contributed by atoms with Gasteiger partial charge in [-0.05, 0) is 107 Å². The van der Waals surface area contributed by atoms with Gasteiger partial charge in [0.1, 0.15) is 30.1 Å². The number of nitrogens with zero attached hydrogens (tertiary/aromatic N) is 1. The van der Waals surface area contributed by atoms with Crippen molar-refractivity contribution in [2.75, 3.05) is 27.9 Å². The zero-order chi connectivity index (χ0) is 48.2. The Kier molecular flexibility index (Phi) is 21.0. The first-order valence-corrected chi connectivity index (χ1v) is 23.9.